The number of hydrogen-bond acceptors (Lipinski definition) is 3. The first kappa shape index (κ1) is 15.4. The highest BCUT2D eigenvalue weighted by atomic mass is 16.5. The van der Waals surface area contributed by atoms with E-state index in [0.29, 0.717) is 17.4 Å². The van der Waals surface area contributed by atoms with Crippen molar-refractivity contribution in [3.05, 3.63) is 29.8 Å². The fourth-order valence-electron chi connectivity index (χ4n) is 2.81. The molecule has 1 aromatic carbocycles. The van der Waals surface area contributed by atoms with Gasteiger partial charge < -0.3 is 9.64 Å². The third kappa shape index (κ3) is 3.75. The minimum atomic E-state index is -0.495. The Morgan fingerprint density at radius 2 is 2.14 bits per heavy atom. The second-order valence-corrected chi connectivity index (χ2v) is 5.49. The lowest BCUT2D eigenvalue weighted by molar-refractivity contribution is -0.141. The molecule has 4 nitrogen and oxygen atoms in total. The maximum absolute atomic E-state index is 12.5. The summed E-state index contributed by atoms with van der Waals surface area (Å²) in [5.74, 6) is 0.686. The van der Waals surface area contributed by atoms with Crippen LogP contribution in [0.2, 0.25) is 0 Å². The fourth-order valence-corrected chi connectivity index (χ4v) is 2.81. The fraction of sp³-hybridized carbons (Fsp3) is 0.529. The molecular weight excluding hydrogens is 264 g/mol. The Morgan fingerprint density at radius 1 is 1.43 bits per heavy atom. The van der Waals surface area contributed by atoms with Crippen LogP contribution in [0, 0.1) is 11.3 Å². The predicted octanol–water partition coefficient (Wildman–Crippen LogP) is 3.12. The molecule has 1 fully saturated rings. The highest BCUT2D eigenvalue weighted by Gasteiger charge is 2.29. The minimum Gasteiger partial charge on any atom is -0.481 e. The van der Waals surface area contributed by atoms with E-state index in [1.54, 1.807) is 31.2 Å². The van der Waals surface area contributed by atoms with Crippen molar-refractivity contribution in [1.82, 2.24) is 4.90 Å². The highest BCUT2D eigenvalue weighted by molar-refractivity contribution is 5.81. The Balaban J connectivity index is 1.99. The van der Waals surface area contributed by atoms with Gasteiger partial charge in [-0.1, -0.05) is 6.92 Å². The topological polar surface area (TPSA) is 53.3 Å². The number of hydrogen-bond donors (Lipinski definition) is 0. The van der Waals surface area contributed by atoms with Gasteiger partial charge in [0.2, 0.25) is 0 Å². The van der Waals surface area contributed by atoms with E-state index < -0.39 is 6.10 Å². The van der Waals surface area contributed by atoms with Crippen LogP contribution in [0.3, 0.4) is 0 Å². The Hall–Kier alpha value is -2.02. The van der Waals surface area contributed by atoms with Crippen molar-refractivity contribution in [2.75, 3.05) is 6.54 Å². The van der Waals surface area contributed by atoms with E-state index in [2.05, 4.69) is 13.0 Å². The first-order valence-electron chi connectivity index (χ1n) is 7.63. The Kier molecular flexibility index (Phi) is 5.21. The van der Waals surface area contributed by atoms with Crippen LogP contribution in [0.15, 0.2) is 24.3 Å². The molecule has 0 N–H and O–H groups in total. The molecule has 1 heterocycles. The second kappa shape index (κ2) is 7.12. The molecule has 21 heavy (non-hydrogen) atoms. The van der Waals surface area contributed by atoms with Crippen LogP contribution in [0.25, 0.3) is 0 Å². The molecule has 1 aromatic rings. The summed E-state index contributed by atoms with van der Waals surface area (Å²) in [5, 5.41) is 8.77. The van der Waals surface area contributed by atoms with Gasteiger partial charge >= 0.3 is 0 Å². The SMILES string of the molecule is CCC1CCCCN1C(=O)C(C)Oc1ccc(C#N)cc1. The van der Waals surface area contributed by atoms with Gasteiger partial charge in [-0.25, -0.2) is 0 Å². The van der Waals surface area contributed by atoms with E-state index in [9.17, 15) is 4.79 Å². The molecule has 0 saturated carbocycles. The molecule has 1 saturated heterocycles. The van der Waals surface area contributed by atoms with Crippen LogP contribution in [-0.4, -0.2) is 29.5 Å². The average Bonchev–Trinajstić information content (AvgIpc) is 2.54. The maximum atomic E-state index is 12.5. The summed E-state index contributed by atoms with van der Waals surface area (Å²) in [7, 11) is 0. The van der Waals surface area contributed by atoms with Gasteiger partial charge in [0.05, 0.1) is 11.6 Å². The second-order valence-electron chi connectivity index (χ2n) is 5.49. The monoisotopic (exact) mass is 286 g/mol. The number of benzene rings is 1. The van der Waals surface area contributed by atoms with Crippen LogP contribution in [0.1, 0.15) is 45.1 Å². The number of nitrogens with zero attached hydrogens (tertiary/aromatic N) is 2. The molecule has 0 aliphatic carbocycles. The van der Waals surface area contributed by atoms with Gasteiger partial charge in [-0.05, 0) is 56.9 Å². The van der Waals surface area contributed by atoms with Gasteiger partial charge in [-0.3, -0.25) is 4.79 Å². The number of nitriles is 1. The van der Waals surface area contributed by atoms with E-state index in [4.69, 9.17) is 10.00 Å². The zero-order valence-electron chi connectivity index (χ0n) is 12.7. The average molecular weight is 286 g/mol. The van der Waals surface area contributed by atoms with E-state index in [-0.39, 0.29) is 5.91 Å². The standard InChI is InChI=1S/C17H22N2O2/c1-3-15-6-4-5-11-19(15)17(20)13(2)21-16-9-7-14(12-18)8-10-16/h7-10,13,15H,3-6,11H2,1-2H3. The third-order valence-corrected chi connectivity index (χ3v) is 4.03. The van der Waals surface area contributed by atoms with Crippen LogP contribution >= 0.6 is 0 Å². The molecule has 0 aromatic heterocycles. The minimum absolute atomic E-state index is 0.0610. The van der Waals surface area contributed by atoms with Gasteiger partial charge in [-0.2, -0.15) is 5.26 Å². The highest BCUT2D eigenvalue weighted by Crippen LogP contribution is 2.22. The molecule has 0 radical (unpaired) electrons. The van der Waals surface area contributed by atoms with E-state index in [0.717, 1.165) is 25.8 Å². The van der Waals surface area contributed by atoms with Crippen molar-refractivity contribution in [3.63, 3.8) is 0 Å². The predicted molar refractivity (Wildman–Crippen MR) is 80.9 cm³/mol. The molecule has 1 amide bonds. The summed E-state index contributed by atoms with van der Waals surface area (Å²) in [5.41, 5.74) is 0.586. The zero-order valence-corrected chi connectivity index (χ0v) is 12.7. The van der Waals surface area contributed by atoms with Crippen LogP contribution in [0.5, 0.6) is 5.75 Å². The maximum Gasteiger partial charge on any atom is 0.263 e. The molecule has 1 aliphatic rings. The Labute approximate surface area is 126 Å². The van der Waals surface area contributed by atoms with Crippen molar-refractivity contribution in [3.8, 4) is 11.8 Å². The number of ether oxygens (including phenoxy) is 1. The van der Waals surface area contributed by atoms with Crippen molar-refractivity contribution < 1.29 is 9.53 Å². The molecule has 2 atom stereocenters. The number of likely N-dealkylation sites (tertiary alicyclic amines) is 1. The lowest BCUT2D eigenvalue weighted by Gasteiger charge is -2.36. The van der Waals surface area contributed by atoms with Crippen molar-refractivity contribution in [2.24, 2.45) is 0 Å². The molecule has 2 rings (SSSR count). The van der Waals surface area contributed by atoms with E-state index in [1.165, 1.54) is 6.42 Å². The van der Waals surface area contributed by atoms with Crippen LogP contribution in [0.4, 0.5) is 0 Å². The van der Waals surface area contributed by atoms with Crippen LogP contribution < -0.4 is 4.74 Å². The normalized spacial score (nSPS) is 19.7. The molecule has 2 unspecified atom stereocenters. The summed E-state index contributed by atoms with van der Waals surface area (Å²) in [6, 6.07) is 9.27. The van der Waals surface area contributed by atoms with Gasteiger partial charge in [0.25, 0.3) is 5.91 Å². The quantitative estimate of drug-likeness (QED) is 0.854. The Bertz CT molecular complexity index is 519. The lowest BCUT2D eigenvalue weighted by Crippen LogP contribution is -2.48. The smallest absolute Gasteiger partial charge is 0.263 e. The van der Waals surface area contributed by atoms with E-state index >= 15 is 0 Å². The van der Waals surface area contributed by atoms with Crippen molar-refractivity contribution in [1.29, 1.82) is 5.26 Å². The molecule has 0 spiro atoms. The number of carbonyl (C=O) groups excluding carboxylic acids is 1. The largest absolute Gasteiger partial charge is 0.481 e. The first-order valence-corrected chi connectivity index (χ1v) is 7.63. The number of carbonyl (C=O) groups is 1. The van der Waals surface area contributed by atoms with Gasteiger partial charge in [-0.15, -0.1) is 0 Å². The number of piperidine rings is 1. The molecule has 0 bridgehead atoms. The molecule has 112 valence electrons. The summed E-state index contributed by atoms with van der Waals surface area (Å²) >= 11 is 0. The van der Waals surface area contributed by atoms with Gasteiger partial charge in [0.15, 0.2) is 6.10 Å². The van der Waals surface area contributed by atoms with Crippen LogP contribution in [-0.2, 0) is 4.79 Å². The number of rotatable bonds is 4. The molecule has 4 heteroatoms. The zero-order chi connectivity index (χ0) is 15.2. The van der Waals surface area contributed by atoms with Gasteiger partial charge in [0.1, 0.15) is 5.75 Å². The third-order valence-electron chi connectivity index (χ3n) is 4.03. The van der Waals surface area contributed by atoms with Crippen molar-refractivity contribution >= 4 is 5.91 Å². The molecule has 1 aliphatic heterocycles. The number of amides is 1. The summed E-state index contributed by atoms with van der Waals surface area (Å²) in [4.78, 5) is 14.5. The van der Waals surface area contributed by atoms with Crippen molar-refractivity contribution in [2.45, 2.75) is 51.7 Å². The Morgan fingerprint density at radius 3 is 2.76 bits per heavy atom. The summed E-state index contributed by atoms with van der Waals surface area (Å²) in [6.07, 6.45) is 3.87. The summed E-state index contributed by atoms with van der Waals surface area (Å²) < 4.78 is 5.72. The lowest BCUT2D eigenvalue weighted by atomic mass is 9.99. The molecular formula is C17H22N2O2. The summed E-state index contributed by atoms with van der Waals surface area (Å²) in [6.45, 7) is 4.75. The first-order chi connectivity index (χ1) is 10.2. The van der Waals surface area contributed by atoms with Gasteiger partial charge in [0, 0.05) is 12.6 Å². The van der Waals surface area contributed by atoms with E-state index in [1.807, 2.05) is 4.90 Å².